The number of fused-ring (bicyclic) bond motifs is 2. The first kappa shape index (κ1) is 42.4. The minimum atomic E-state index is -4.44. The molecule has 0 N–H and O–H groups in total. The van der Waals surface area contributed by atoms with Crippen molar-refractivity contribution >= 4 is 68.2 Å². The zero-order valence-corrected chi connectivity index (χ0v) is 36.0. The molecule has 1 aliphatic rings. The van der Waals surface area contributed by atoms with Crippen LogP contribution in [-0.4, -0.2) is 8.75 Å². The Morgan fingerprint density at radius 3 is 1.34 bits per heavy atom. The van der Waals surface area contributed by atoms with Gasteiger partial charge in [-0.15, -0.1) is 22.7 Å². The van der Waals surface area contributed by atoms with Crippen LogP contribution in [0.3, 0.4) is 0 Å². The number of hydrogen-bond acceptors (Lipinski definition) is 7. The van der Waals surface area contributed by atoms with Crippen LogP contribution in [-0.2, 0) is 36.5 Å². The van der Waals surface area contributed by atoms with E-state index in [2.05, 4.69) is 13.8 Å². The Morgan fingerprint density at radius 1 is 0.552 bits per heavy atom. The number of nitrogens with zero attached hydrogens (tertiary/aromatic N) is 4. The van der Waals surface area contributed by atoms with Gasteiger partial charge in [-0.05, 0) is 95.5 Å². The number of thiophene rings is 2. The zero-order chi connectivity index (χ0) is 41.2. The summed E-state index contributed by atoms with van der Waals surface area (Å²) < 4.78 is 104. The molecule has 0 bridgehead atoms. The zero-order valence-electron chi connectivity index (χ0n) is 32.7. The topological polar surface area (TPSA) is 50.5 Å². The van der Waals surface area contributed by atoms with Crippen LogP contribution in [0.15, 0.2) is 69.4 Å². The Labute approximate surface area is 351 Å². The highest BCUT2D eigenvalue weighted by atomic mass is 32.1. The van der Waals surface area contributed by atoms with Crippen LogP contribution in [0.5, 0.6) is 0 Å². The summed E-state index contributed by atoms with van der Waals surface area (Å²) in [6, 6.07) is 16.7. The van der Waals surface area contributed by atoms with E-state index in [4.69, 9.17) is 17.5 Å². The first-order valence-electron chi connectivity index (χ1n) is 19.9. The second-order valence-electron chi connectivity index (χ2n) is 15.0. The SMILES string of the molecule is CCCCC(CC)Cc1cc(-c2ccc(-c3c4c(c(-c5ccc(-c6ccc(C(F)(F)F)c(CC(CC)CCCC)c6)s5)c5nsnc35)N=S=N4)s2)ccc1C(F)(F)F. The summed E-state index contributed by atoms with van der Waals surface area (Å²) in [6.07, 6.45) is -0.745. The Balaban J connectivity index is 1.25. The van der Waals surface area contributed by atoms with Crippen molar-refractivity contribution in [3.8, 4) is 41.8 Å². The molecule has 3 aromatic heterocycles. The second-order valence-corrected chi connectivity index (χ2v) is 18.2. The predicted molar refractivity (Wildman–Crippen MR) is 230 cm³/mol. The van der Waals surface area contributed by atoms with Crippen molar-refractivity contribution in [3.63, 3.8) is 0 Å². The normalized spacial score (nSPS) is 14.0. The van der Waals surface area contributed by atoms with Gasteiger partial charge in [0, 0.05) is 30.6 Å². The quantitative estimate of drug-likeness (QED) is 0.0909. The van der Waals surface area contributed by atoms with Gasteiger partial charge in [0.15, 0.2) is 0 Å². The molecule has 0 fully saturated rings. The number of aromatic nitrogens is 2. The lowest BCUT2D eigenvalue weighted by molar-refractivity contribution is -0.139. The number of alkyl halides is 6. The van der Waals surface area contributed by atoms with Gasteiger partial charge in [-0.1, -0.05) is 91.2 Å². The van der Waals surface area contributed by atoms with Crippen LogP contribution in [0, 0.1) is 11.8 Å². The summed E-state index contributed by atoms with van der Waals surface area (Å²) in [5.74, 6) is 0.343. The number of unbranched alkanes of at least 4 members (excludes halogenated alkanes) is 2. The number of rotatable bonds is 16. The summed E-state index contributed by atoms with van der Waals surface area (Å²) >= 11 is 5.08. The van der Waals surface area contributed by atoms with Crippen LogP contribution >= 0.6 is 34.4 Å². The van der Waals surface area contributed by atoms with Crippen LogP contribution in [0.25, 0.3) is 52.8 Å². The fourth-order valence-corrected chi connectivity index (χ4v) is 11.1. The summed E-state index contributed by atoms with van der Waals surface area (Å²) in [7, 11) is 0. The van der Waals surface area contributed by atoms with E-state index in [0.717, 1.165) is 116 Å². The number of halogens is 6. The van der Waals surface area contributed by atoms with Gasteiger partial charge in [0.2, 0.25) is 0 Å². The molecule has 6 aromatic rings. The second kappa shape index (κ2) is 17.9. The van der Waals surface area contributed by atoms with E-state index in [-0.39, 0.29) is 11.8 Å². The molecular formula is C44H44F6N4S4. The molecule has 2 atom stereocenters. The minimum absolute atomic E-state index is 0.172. The molecule has 58 heavy (non-hydrogen) atoms. The fourth-order valence-electron chi connectivity index (χ4n) is 7.87. The van der Waals surface area contributed by atoms with E-state index in [9.17, 15) is 26.3 Å². The minimum Gasteiger partial charge on any atom is -0.172 e. The maximum atomic E-state index is 14.2. The van der Waals surface area contributed by atoms with Gasteiger partial charge in [-0.3, -0.25) is 0 Å². The van der Waals surface area contributed by atoms with Gasteiger partial charge in [0.05, 0.1) is 34.2 Å². The van der Waals surface area contributed by atoms with Gasteiger partial charge in [-0.25, -0.2) is 0 Å². The predicted octanol–water partition coefficient (Wildman–Crippen LogP) is 16.8. The lowest BCUT2D eigenvalue weighted by Crippen LogP contribution is -2.13. The van der Waals surface area contributed by atoms with Crippen LogP contribution in [0.1, 0.15) is 101 Å². The molecule has 0 saturated carbocycles. The highest BCUT2D eigenvalue weighted by Crippen LogP contribution is 2.55. The van der Waals surface area contributed by atoms with Gasteiger partial charge in [-0.2, -0.15) is 43.8 Å². The molecule has 0 spiro atoms. The van der Waals surface area contributed by atoms with Crippen molar-refractivity contribution in [1.29, 1.82) is 0 Å². The average molecular weight is 871 g/mol. The summed E-state index contributed by atoms with van der Waals surface area (Å²) in [5, 5.41) is 0. The Hall–Kier alpha value is -3.72. The highest BCUT2D eigenvalue weighted by Gasteiger charge is 2.35. The molecule has 3 aromatic carbocycles. The Morgan fingerprint density at radius 2 is 0.966 bits per heavy atom. The Bertz CT molecular complexity index is 2310. The van der Waals surface area contributed by atoms with Crippen molar-refractivity contribution in [1.82, 2.24) is 8.75 Å². The first-order valence-corrected chi connectivity index (χ1v) is 23.0. The highest BCUT2D eigenvalue weighted by molar-refractivity contribution is 7.58. The third-order valence-electron chi connectivity index (χ3n) is 11.1. The van der Waals surface area contributed by atoms with Crippen molar-refractivity contribution in [2.45, 2.75) is 104 Å². The monoisotopic (exact) mass is 870 g/mol. The molecular weight excluding hydrogens is 827 g/mol. The first-order chi connectivity index (χ1) is 27.8. The van der Waals surface area contributed by atoms with Crippen molar-refractivity contribution in [2.75, 3.05) is 0 Å². The third kappa shape index (κ3) is 8.90. The summed E-state index contributed by atoms with van der Waals surface area (Å²) in [6.45, 7) is 8.27. The molecule has 14 heteroatoms. The number of benzene rings is 3. The molecule has 7 rings (SSSR count). The third-order valence-corrected chi connectivity index (χ3v) is 14.5. The summed E-state index contributed by atoms with van der Waals surface area (Å²) in [4.78, 5) is 3.36. The van der Waals surface area contributed by atoms with E-state index in [0.29, 0.717) is 46.4 Å². The Kier molecular flexibility index (Phi) is 13.1. The lowest BCUT2D eigenvalue weighted by Gasteiger charge is -2.19. The molecule has 0 aliphatic carbocycles. The maximum absolute atomic E-state index is 14.2. The molecule has 306 valence electrons. The molecule has 4 heterocycles. The smallest absolute Gasteiger partial charge is 0.172 e. The van der Waals surface area contributed by atoms with Crippen molar-refractivity contribution < 1.29 is 26.3 Å². The fraction of sp³-hybridized carbons (Fsp3) is 0.409. The van der Waals surface area contributed by atoms with Gasteiger partial charge in [0.25, 0.3) is 0 Å². The van der Waals surface area contributed by atoms with Crippen molar-refractivity contribution in [3.05, 3.63) is 82.9 Å². The average Bonchev–Trinajstić information content (AvgIpc) is 4.04. The summed E-state index contributed by atoms with van der Waals surface area (Å²) in [5.41, 5.74) is 5.07. The lowest BCUT2D eigenvalue weighted by atomic mass is 9.89. The van der Waals surface area contributed by atoms with E-state index < -0.39 is 23.5 Å². The van der Waals surface area contributed by atoms with Gasteiger partial charge >= 0.3 is 12.4 Å². The number of hydrogen-bond donors (Lipinski definition) is 0. The molecule has 1 aliphatic heterocycles. The van der Waals surface area contributed by atoms with Crippen LogP contribution in [0.4, 0.5) is 37.7 Å². The van der Waals surface area contributed by atoms with E-state index >= 15 is 0 Å². The van der Waals surface area contributed by atoms with E-state index in [1.54, 1.807) is 24.3 Å². The molecule has 0 radical (unpaired) electrons. The van der Waals surface area contributed by atoms with E-state index in [1.807, 2.05) is 38.1 Å². The largest absolute Gasteiger partial charge is 0.416 e. The maximum Gasteiger partial charge on any atom is 0.416 e. The molecule has 0 amide bonds. The molecule has 0 saturated heterocycles. The standard InChI is InChI=1S/C44H44F6N4S4/c1-5-9-11-25(7-3)21-29-23-27(13-15-31(29)43(45,46)47)33-17-19-35(55-33)37-39-41(53-57-51-39)38(42-40(37)52-58-54-42)36-20-18-34(56-36)28-14-16-32(44(48,49)50)30(24-28)22-26(8-4)12-10-6-2/h13-20,23-26H,5-12,21-22H2,1-4H3. The molecule has 2 unspecified atom stereocenters. The van der Waals surface area contributed by atoms with Gasteiger partial charge < -0.3 is 0 Å². The molecule has 4 nitrogen and oxygen atoms in total. The van der Waals surface area contributed by atoms with E-state index in [1.165, 1.54) is 34.8 Å². The van der Waals surface area contributed by atoms with Crippen LogP contribution in [0.2, 0.25) is 0 Å². The van der Waals surface area contributed by atoms with Crippen LogP contribution < -0.4 is 0 Å². The van der Waals surface area contributed by atoms with Gasteiger partial charge in [0.1, 0.15) is 22.4 Å². The van der Waals surface area contributed by atoms with Crippen molar-refractivity contribution in [2.24, 2.45) is 20.6 Å².